The van der Waals surface area contributed by atoms with Crippen LogP contribution >= 0.6 is 11.3 Å². The Balaban J connectivity index is 2.41. The number of hydrogen-bond acceptors (Lipinski definition) is 3. The van der Waals surface area contributed by atoms with Crippen molar-refractivity contribution in [1.29, 1.82) is 0 Å². The highest BCUT2D eigenvalue weighted by molar-refractivity contribution is 7.07. The lowest BCUT2D eigenvalue weighted by atomic mass is 10.4. The maximum absolute atomic E-state index is 4.23. The van der Waals surface area contributed by atoms with Crippen LogP contribution < -0.4 is 0 Å². The van der Waals surface area contributed by atoms with Crippen LogP contribution in [0, 0.1) is 0 Å². The highest BCUT2D eigenvalue weighted by atomic mass is 32.1. The number of hydrogen-bond donors (Lipinski definition) is 0. The maximum atomic E-state index is 4.23. The Morgan fingerprint density at radius 3 is 2.64 bits per heavy atom. The molecule has 0 spiro atoms. The van der Waals surface area contributed by atoms with Gasteiger partial charge in [0, 0.05) is 11.9 Å². The van der Waals surface area contributed by atoms with Gasteiger partial charge < -0.3 is 0 Å². The summed E-state index contributed by atoms with van der Waals surface area (Å²) >= 11 is 1.66. The van der Waals surface area contributed by atoms with Crippen molar-refractivity contribution in [2.75, 3.05) is 13.1 Å². The molecule has 3 heteroatoms. The van der Waals surface area contributed by atoms with Crippen molar-refractivity contribution in [1.82, 2.24) is 9.88 Å². The van der Waals surface area contributed by atoms with Crippen LogP contribution in [0.15, 0.2) is 10.9 Å². The van der Waals surface area contributed by atoms with E-state index in [0.717, 1.165) is 19.6 Å². The first-order valence-electron chi connectivity index (χ1n) is 3.96. The summed E-state index contributed by atoms with van der Waals surface area (Å²) in [6.07, 6.45) is 0. The van der Waals surface area contributed by atoms with Crippen LogP contribution in [0.4, 0.5) is 0 Å². The van der Waals surface area contributed by atoms with Crippen molar-refractivity contribution in [3.8, 4) is 0 Å². The highest BCUT2D eigenvalue weighted by Gasteiger charge is 2.00. The number of aromatic nitrogens is 1. The van der Waals surface area contributed by atoms with Crippen molar-refractivity contribution < 1.29 is 0 Å². The first-order valence-corrected chi connectivity index (χ1v) is 4.90. The van der Waals surface area contributed by atoms with Crippen LogP contribution in [0.2, 0.25) is 0 Å². The van der Waals surface area contributed by atoms with Gasteiger partial charge >= 0.3 is 0 Å². The van der Waals surface area contributed by atoms with Gasteiger partial charge in [-0.15, -0.1) is 11.3 Å². The Morgan fingerprint density at radius 1 is 1.45 bits per heavy atom. The Bertz CT molecular complexity index is 180. The van der Waals surface area contributed by atoms with Crippen molar-refractivity contribution >= 4 is 11.3 Å². The van der Waals surface area contributed by atoms with Crippen LogP contribution in [-0.4, -0.2) is 23.0 Å². The summed E-state index contributed by atoms with van der Waals surface area (Å²) in [7, 11) is 0. The minimum absolute atomic E-state index is 0.997. The van der Waals surface area contributed by atoms with Gasteiger partial charge in [0.25, 0.3) is 0 Å². The summed E-state index contributed by atoms with van der Waals surface area (Å²) in [5, 5.41) is 2.11. The molecule has 1 aromatic rings. The fourth-order valence-corrected chi connectivity index (χ4v) is 1.54. The fraction of sp³-hybridized carbons (Fsp3) is 0.625. The van der Waals surface area contributed by atoms with Crippen LogP contribution in [0.25, 0.3) is 0 Å². The zero-order valence-corrected chi connectivity index (χ0v) is 7.90. The summed E-state index contributed by atoms with van der Waals surface area (Å²) in [5.74, 6) is 0. The molecule has 0 atom stereocenters. The summed E-state index contributed by atoms with van der Waals surface area (Å²) in [4.78, 5) is 6.59. The predicted octanol–water partition coefficient (Wildman–Crippen LogP) is 1.98. The lowest BCUT2D eigenvalue weighted by molar-refractivity contribution is 0.293. The Hall–Kier alpha value is -0.410. The second-order valence-corrected chi connectivity index (χ2v) is 3.16. The number of nitrogens with zero attached hydrogens (tertiary/aromatic N) is 2. The molecule has 0 aliphatic heterocycles. The molecular weight excluding hydrogens is 156 g/mol. The van der Waals surface area contributed by atoms with Gasteiger partial charge in [-0.25, -0.2) is 4.98 Å². The second-order valence-electron chi connectivity index (χ2n) is 2.44. The molecule has 1 rings (SSSR count). The minimum atomic E-state index is 0.997. The van der Waals surface area contributed by atoms with Gasteiger partial charge in [0.05, 0.1) is 11.2 Å². The second kappa shape index (κ2) is 4.46. The third kappa shape index (κ3) is 2.60. The van der Waals surface area contributed by atoms with Crippen molar-refractivity contribution in [2.45, 2.75) is 20.4 Å². The molecule has 0 N–H and O–H groups in total. The first-order chi connectivity index (χ1) is 5.36. The van der Waals surface area contributed by atoms with E-state index in [2.05, 4.69) is 29.1 Å². The van der Waals surface area contributed by atoms with Crippen LogP contribution in [0.5, 0.6) is 0 Å². The van der Waals surface area contributed by atoms with E-state index in [1.165, 1.54) is 5.69 Å². The summed E-state index contributed by atoms with van der Waals surface area (Å²) in [6.45, 7) is 7.56. The third-order valence-electron chi connectivity index (χ3n) is 1.76. The molecule has 0 aliphatic carbocycles. The molecule has 0 bridgehead atoms. The molecule has 11 heavy (non-hydrogen) atoms. The van der Waals surface area contributed by atoms with Gasteiger partial charge in [-0.05, 0) is 13.1 Å². The lowest BCUT2D eigenvalue weighted by Gasteiger charge is -2.15. The predicted molar refractivity (Wildman–Crippen MR) is 48.7 cm³/mol. The van der Waals surface area contributed by atoms with Gasteiger partial charge in [-0.3, -0.25) is 4.90 Å². The SMILES string of the molecule is CCN(CC)Cc1cscn1. The molecular formula is C8H14N2S. The van der Waals surface area contributed by atoms with Gasteiger partial charge in [0.2, 0.25) is 0 Å². The average molecular weight is 170 g/mol. The molecule has 0 unspecified atom stereocenters. The van der Waals surface area contributed by atoms with E-state index in [1.54, 1.807) is 11.3 Å². The lowest BCUT2D eigenvalue weighted by Crippen LogP contribution is -2.22. The number of rotatable bonds is 4. The van der Waals surface area contributed by atoms with E-state index in [-0.39, 0.29) is 0 Å². The van der Waals surface area contributed by atoms with Gasteiger partial charge in [-0.1, -0.05) is 13.8 Å². The Morgan fingerprint density at radius 2 is 2.18 bits per heavy atom. The summed E-state index contributed by atoms with van der Waals surface area (Å²) in [6, 6.07) is 0. The first kappa shape index (κ1) is 8.68. The van der Waals surface area contributed by atoms with E-state index < -0.39 is 0 Å². The molecule has 0 amide bonds. The summed E-state index contributed by atoms with van der Waals surface area (Å²) in [5.41, 5.74) is 3.08. The third-order valence-corrected chi connectivity index (χ3v) is 2.40. The summed E-state index contributed by atoms with van der Waals surface area (Å²) < 4.78 is 0. The topological polar surface area (TPSA) is 16.1 Å². The molecule has 0 saturated carbocycles. The molecule has 0 fully saturated rings. The monoisotopic (exact) mass is 170 g/mol. The van der Waals surface area contributed by atoms with Crippen LogP contribution in [0.3, 0.4) is 0 Å². The Kier molecular flexibility index (Phi) is 3.52. The maximum Gasteiger partial charge on any atom is 0.0795 e. The molecule has 62 valence electrons. The van der Waals surface area contributed by atoms with Crippen molar-refractivity contribution in [3.63, 3.8) is 0 Å². The van der Waals surface area contributed by atoms with Crippen molar-refractivity contribution in [2.24, 2.45) is 0 Å². The molecule has 1 aromatic heterocycles. The average Bonchev–Trinajstić information content (AvgIpc) is 2.52. The van der Waals surface area contributed by atoms with Crippen LogP contribution in [-0.2, 0) is 6.54 Å². The zero-order chi connectivity index (χ0) is 8.10. The van der Waals surface area contributed by atoms with Gasteiger partial charge in [0.1, 0.15) is 0 Å². The van der Waals surface area contributed by atoms with Crippen molar-refractivity contribution in [3.05, 3.63) is 16.6 Å². The van der Waals surface area contributed by atoms with E-state index in [4.69, 9.17) is 0 Å². The van der Waals surface area contributed by atoms with Gasteiger partial charge in [0.15, 0.2) is 0 Å². The zero-order valence-electron chi connectivity index (χ0n) is 7.08. The van der Waals surface area contributed by atoms with Gasteiger partial charge in [-0.2, -0.15) is 0 Å². The Labute approximate surface area is 71.9 Å². The van der Waals surface area contributed by atoms with Crippen LogP contribution in [0.1, 0.15) is 19.5 Å². The molecule has 1 heterocycles. The highest BCUT2D eigenvalue weighted by Crippen LogP contribution is 2.04. The van der Waals surface area contributed by atoms with E-state index >= 15 is 0 Å². The normalized spacial score (nSPS) is 10.8. The standard InChI is InChI=1S/C8H14N2S/c1-3-10(4-2)5-8-6-11-7-9-8/h6-7H,3-5H2,1-2H3. The molecule has 0 saturated heterocycles. The number of thiazole rings is 1. The molecule has 2 nitrogen and oxygen atoms in total. The molecule has 0 aromatic carbocycles. The minimum Gasteiger partial charge on any atom is -0.298 e. The van der Waals surface area contributed by atoms with E-state index in [0.29, 0.717) is 0 Å². The van der Waals surface area contributed by atoms with E-state index in [1.807, 2.05) is 5.51 Å². The molecule has 0 radical (unpaired) electrons. The van der Waals surface area contributed by atoms with E-state index in [9.17, 15) is 0 Å². The smallest absolute Gasteiger partial charge is 0.0795 e. The molecule has 0 aliphatic rings. The fourth-order valence-electron chi connectivity index (χ4n) is 0.992. The quantitative estimate of drug-likeness (QED) is 0.687. The largest absolute Gasteiger partial charge is 0.298 e.